The molecule has 0 fully saturated rings. The Labute approximate surface area is 111 Å². The third kappa shape index (κ3) is 2.89. The van der Waals surface area contributed by atoms with Crippen molar-refractivity contribution in [1.29, 1.82) is 0 Å². The normalized spacial score (nSPS) is 10.3. The second kappa shape index (κ2) is 4.93. The smallest absolute Gasteiger partial charge is 0.276 e. The molecule has 0 aromatic carbocycles. The van der Waals surface area contributed by atoms with Gasteiger partial charge >= 0.3 is 0 Å². The molecule has 0 aliphatic carbocycles. The van der Waals surface area contributed by atoms with Crippen LogP contribution in [0, 0.1) is 13.8 Å². The lowest BCUT2D eigenvalue weighted by Gasteiger charge is -2.04. The summed E-state index contributed by atoms with van der Waals surface area (Å²) in [4.78, 5) is 20.0. The van der Waals surface area contributed by atoms with Crippen LogP contribution >= 0.6 is 27.3 Å². The molecule has 1 amide bonds. The molecule has 4 nitrogen and oxygen atoms in total. The minimum absolute atomic E-state index is 0.233. The van der Waals surface area contributed by atoms with Gasteiger partial charge in [-0.05, 0) is 41.4 Å². The largest absolute Gasteiger partial charge is 0.305 e. The summed E-state index contributed by atoms with van der Waals surface area (Å²) in [7, 11) is 0. The molecule has 2 rings (SSSR count). The third-order valence-corrected chi connectivity index (χ3v) is 3.74. The van der Waals surface area contributed by atoms with Crippen LogP contribution in [0.3, 0.4) is 0 Å². The molecular weight excluding hydrogens is 302 g/mol. The minimum Gasteiger partial charge on any atom is -0.305 e. The molecule has 0 unspecified atom stereocenters. The summed E-state index contributed by atoms with van der Waals surface area (Å²) in [5, 5.41) is 5.32. The highest BCUT2D eigenvalue weighted by molar-refractivity contribution is 9.10. The van der Waals surface area contributed by atoms with E-state index in [2.05, 4.69) is 31.2 Å². The van der Waals surface area contributed by atoms with Crippen molar-refractivity contribution >= 4 is 39.0 Å². The van der Waals surface area contributed by atoms with E-state index >= 15 is 0 Å². The van der Waals surface area contributed by atoms with Gasteiger partial charge in [0.15, 0.2) is 0 Å². The summed E-state index contributed by atoms with van der Waals surface area (Å²) in [5.74, 6) is 0.296. The molecule has 0 saturated heterocycles. The molecule has 6 heteroatoms. The summed E-state index contributed by atoms with van der Waals surface area (Å²) in [6, 6.07) is 1.81. The molecule has 0 radical (unpaired) electrons. The lowest BCUT2D eigenvalue weighted by molar-refractivity contribution is 0.102. The lowest BCUT2D eigenvalue weighted by atomic mass is 10.3. The van der Waals surface area contributed by atoms with Gasteiger partial charge < -0.3 is 5.32 Å². The first-order chi connectivity index (χ1) is 8.06. The number of carbonyl (C=O) groups excluding carboxylic acids is 1. The number of hydrogen-bond acceptors (Lipinski definition) is 4. The highest BCUT2D eigenvalue weighted by Crippen LogP contribution is 2.18. The van der Waals surface area contributed by atoms with Gasteiger partial charge in [0.1, 0.15) is 11.5 Å². The number of nitrogens with zero attached hydrogens (tertiary/aromatic N) is 2. The minimum atomic E-state index is -0.233. The molecule has 0 atom stereocenters. The van der Waals surface area contributed by atoms with Crippen LogP contribution in [0.2, 0.25) is 0 Å². The van der Waals surface area contributed by atoms with Gasteiger partial charge in [-0.15, -0.1) is 11.3 Å². The van der Waals surface area contributed by atoms with Crippen molar-refractivity contribution in [3.8, 4) is 0 Å². The van der Waals surface area contributed by atoms with Crippen molar-refractivity contribution in [3.63, 3.8) is 0 Å². The number of thiazole rings is 1. The van der Waals surface area contributed by atoms with Crippen LogP contribution in [0.5, 0.6) is 0 Å². The van der Waals surface area contributed by atoms with Gasteiger partial charge in [-0.25, -0.2) is 9.97 Å². The second-order valence-corrected chi connectivity index (χ2v) is 5.44. The average molecular weight is 312 g/mol. The molecule has 0 spiro atoms. The standard InChI is InChI=1S/C11H10BrN3OS/c1-6-3-10(13-4-8(6)12)15-11(16)9-5-17-7(2)14-9/h3-5H,1-2H3,(H,13,15,16). The maximum atomic E-state index is 11.8. The number of amides is 1. The molecule has 0 aliphatic rings. The molecule has 0 aliphatic heterocycles. The summed E-state index contributed by atoms with van der Waals surface area (Å²) in [5.41, 5.74) is 1.44. The number of nitrogens with one attached hydrogen (secondary N) is 1. The molecule has 2 heterocycles. The molecule has 17 heavy (non-hydrogen) atoms. The Bertz CT molecular complexity index is 568. The number of aromatic nitrogens is 2. The first-order valence-electron chi connectivity index (χ1n) is 4.92. The van der Waals surface area contributed by atoms with Gasteiger partial charge in [0, 0.05) is 16.0 Å². The van der Waals surface area contributed by atoms with Gasteiger partial charge in [-0.1, -0.05) is 0 Å². The highest BCUT2D eigenvalue weighted by atomic mass is 79.9. The Morgan fingerprint density at radius 2 is 2.24 bits per heavy atom. The molecule has 2 aromatic rings. The van der Waals surface area contributed by atoms with Crippen LogP contribution in [-0.2, 0) is 0 Å². The maximum absolute atomic E-state index is 11.8. The first-order valence-corrected chi connectivity index (χ1v) is 6.59. The highest BCUT2D eigenvalue weighted by Gasteiger charge is 2.10. The van der Waals surface area contributed by atoms with Gasteiger partial charge in [0.05, 0.1) is 5.01 Å². The van der Waals surface area contributed by atoms with Crippen molar-refractivity contribution in [1.82, 2.24) is 9.97 Å². The molecule has 1 N–H and O–H groups in total. The lowest BCUT2D eigenvalue weighted by Crippen LogP contribution is -2.13. The van der Waals surface area contributed by atoms with E-state index < -0.39 is 0 Å². The fourth-order valence-corrected chi connectivity index (χ4v) is 2.07. The summed E-state index contributed by atoms with van der Waals surface area (Å²) in [6.07, 6.45) is 1.66. The van der Waals surface area contributed by atoms with E-state index in [1.165, 1.54) is 11.3 Å². The van der Waals surface area contributed by atoms with E-state index in [1.807, 2.05) is 13.8 Å². The topological polar surface area (TPSA) is 54.9 Å². The van der Waals surface area contributed by atoms with Gasteiger partial charge in [-0.3, -0.25) is 4.79 Å². The van der Waals surface area contributed by atoms with Gasteiger partial charge in [0.2, 0.25) is 0 Å². The molecule has 2 aromatic heterocycles. The zero-order valence-corrected chi connectivity index (χ0v) is 11.7. The number of hydrogen-bond donors (Lipinski definition) is 1. The number of anilines is 1. The average Bonchev–Trinajstić information content (AvgIpc) is 2.70. The van der Waals surface area contributed by atoms with Crippen LogP contribution in [0.1, 0.15) is 21.1 Å². The Hall–Kier alpha value is -1.27. The van der Waals surface area contributed by atoms with Crippen LogP contribution in [0.4, 0.5) is 5.82 Å². The number of rotatable bonds is 2. The summed E-state index contributed by atoms with van der Waals surface area (Å²) < 4.78 is 0.917. The quantitative estimate of drug-likeness (QED) is 0.926. The predicted octanol–water partition coefficient (Wildman–Crippen LogP) is 3.17. The summed E-state index contributed by atoms with van der Waals surface area (Å²) >= 11 is 4.81. The van der Waals surface area contributed by atoms with E-state index in [0.717, 1.165) is 15.0 Å². The third-order valence-electron chi connectivity index (χ3n) is 2.14. The predicted molar refractivity (Wildman–Crippen MR) is 71.5 cm³/mol. The zero-order chi connectivity index (χ0) is 12.4. The monoisotopic (exact) mass is 311 g/mol. The Kier molecular flexibility index (Phi) is 3.54. The van der Waals surface area contributed by atoms with Crippen LogP contribution in [0.15, 0.2) is 22.1 Å². The van der Waals surface area contributed by atoms with Crippen molar-refractivity contribution in [3.05, 3.63) is 38.4 Å². The number of carbonyl (C=O) groups is 1. The Balaban J connectivity index is 2.15. The fraction of sp³-hybridized carbons (Fsp3) is 0.182. The molecular formula is C11H10BrN3OS. The van der Waals surface area contributed by atoms with Crippen molar-refractivity contribution in [2.45, 2.75) is 13.8 Å². The SMILES string of the molecule is Cc1nc(C(=O)Nc2cc(C)c(Br)cn2)cs1. The van der Waals surface area contributed by atoms with E-state index in [1.54, 1.807) is 17.6 Å². The van der Waals surface area contributed by atoms with Gasteiger partial charge in [0.25, 0.3) is 5.91 Å². The Morgan fingerprint density at radius 3 is 2.82 bits per heavy atom. The second-order valence-electron chi connectivity index (χ2n) is 3.52. The Morgan fingerprint density at radius 1 is 1.47 bits per heavy atom. The maximum Gasteiger partial charge on any atom is 0.276 e. The fourth-order valence-electron chi connectivity index (χ4n) is 1.26. The number of halogens is 1. The van der Waals surface area contributed by atoms with E-state index in [-0.39, 0.29) is 5.91 Å². The van der Waals surface area contributed by atoms with Crippen molar-refractivity contribution < 1.29 is 4.79 Å². The van der Waals surface area contributed by atoms with E-state index in [9.17, 15) is 4.79 Å². The summed E-state index contributed by atoms with van der Waals surface area (Å²) in [6.45, 7) is 3.80. The van der Waals surface area contributed by atoms with Gasteiger partial charge in [-0.2, -0.15) is 0 Å². The van der Waals surface area contributed by atoms with Crippen molar-refractivity contribution in [2.24, 2.45) is 0 Å². The molecule has 0 bridgehead atoms. The van der Waals surface area contributed by atoms with Crippen LogP contribution in [-0.4, -0.2) is 15.9 Å². The number of aryl methyl sites for hydroxylation is 2. The zero-order valence-electron chi connectivity index (χ0n) is 9.32. The first kappa shape index (κ1) is 12.2. The molecule has 0 saturated carbocycles. The van der Waals surface area contributed by atoms with Crippen LogP contribution in [0.25, 0.3) is 0 Å². The van der Waals surface area contributed by atoms with Crippen molar-refractivity contribution in [2.75, 3.05) is 5.32 Å². The van der Waals surface area contributed by atoms with E-state index in [0.29, 0.717) is 11.5 Å². The van der Waals surface area contributed by atoms with E-state index in [4.69, 9.17) is 0 Å². The van der Waals surface area contributed by atoms with Crippen LogP contribution < -0.4 is 5.32 Å². The molecule has 88 valence electrons. The number of pyridine rings is 1.